The maximum atomic E-state index is 8.51. The Balaban J connectivity index is 3.68. The van der Waals surface area contributed by atoms with Gasteiger partial charge in [-0.15, -0.1) is 0 Å². The molecule has 0 fully saturated rings. The van der Waals surface area contributed by atoms with Crippen LogP contribution in [0.1, 0.15) is 13.3 Å². The SMILES string of the molecule is CCC(C=C(O)O)CO. The second kappa shape index (κ2) is 4.21. The van der Waals surface area contributed by atoms with Crippen LogP contribution in [-0.2, 0) is 0 Å². The summed E-state index contributed by atoms with van der Waals surface area (Å²) in [7, 11) is 0. The Labute approximate surface area is 54.3 Å². The molecule has 9 heavy (non-hydrogen) atoms. The van der Waals surface area contributed by atoms with E-state index in [1.54, 1.807) is 0 Å². The lowest BCUT2D eigenvalue weighted by molar-refractivity contribution is 0.177. The lowest BCUT2D eigenvalue weighted by Crippen LogP contribution is -2.01. The van der Waals surface area contributed by atoms with Crippen molar-refractivity contribution in [3.63, 3.8) is 0 Å². The Morgan fingerprint density at radius 1 is 1.56 bits per heavy atom. The second-order valence-corrected chi connectivity index (χ2v) is 1.88. The Hall–Kier alpha value is -0.700. The van der Waals surface area contributed by atoms with Gasteiger partial charge in [-0.2, -0.15) is 0 Å². The van der Waals surface area contributed by atoms with Crippen LogP contribution >= 0.6 is 0 Å². The number of hydrogen-bond acceptors (Lipinski definition) is 3. The Bertz CT molecular complexity index is 90.5. The highest BCUT2D eigenvalue weighted by Gasteiger charge is 2.00. The van der Waals surface area contributed by atoms with E-state index in [1.165, 1.54) is 6.08 Å². The Morgan fingerprint density at radius 2 is 2.11 bits per heavy atom. The van der Waals surface area contributed by atoms with E-state index < -0.39 is 5.95 Å². The van der Waals surface area contributed by atoms with Crippen molar-refractivity contribution in [2.75, 3.05) is 6.61 Å². The fraction of sp³-hybridized carbons (Fsp3) is 0.667. The van der Waals surface area contributed by atoms with Crippen molar-refractivity contribution in [3.8, 4) is 0 Å². The third-order valence-electron chi connectivity index (χ3n) is 1.14. The largest absolute Gasteiger partial charge is 0.481 e. The topological polar surface area (TPSA) is 60.7 Å². The first-order valence-corrected chi connectivity index (χ1v) is 2.91. The van der Waals surface area contributed by atoms with Gasteiger partial charge in [-0.3, -0.25) is 0 Å². The predicted octanol–water partition coefficient (Wildman–Crippen LogP) is 0.962. The zero-order chi connectivity index (χ0) is 7.28. The van der Waals surface area contributed by atoms with Gasteiger partial charge in [0.25, 0.3) is 5.95 Å². The minimum Gasteiger partial charge on any atom is -0.481 e. The van der Waals surface area contributed by atoms with E-state index in [2.05, 4.69) is 0 Å². The maximum Gasteiger partial charge on any atom is 0.270 e. The molecule has 0 bridgehead atoms. The molecule has 0 heterocycles. The lowest BCUT2D eigenvalue weighted by atomic mass is 10.1. The fourth-order valence-electron chi connectivity index (χ4n) is 0.510. The zero-order valence-electron chi connectivity index (χ0n) is 5.41. The summed E-state index contributed by atoms with van der Waals surface area (Å²) < 4.78 is 0. The van der Waals surface area contributed by atoms with Crippen LogP contribution < -0.4 is 0 Å². The van der Waals surface area contributed by atoms with Crippen molar-refractivity contribution < 1.29 is 15.3 Å². The van der Waals surface area contributed by atoms with Crippen molar-refractivity contribution >= 4 is 0 Å². The van der Waals surface area contributed by atoms with Crippen LogP contribution in [-0.4, -0.2) is 21.9 Å². The minimum absolute atomic E-state index is 0.0406. The van der Waals surface area contributed by atoms with Gasteiger partial charge < -0.3 is 15.3 Å². The van der Waals surface area contributed by atoms with Gasteiger partial charge >= 0.3 is 0 Å². The predicted molar refractivity (Wildman–Crippen MR) is 34.2 cm³/mol. The van der Waals surface area contributed by atoms with Gasteiger partial charge in [-0.25, -0.2) is 0 Å². The molecule has 0 aromatic heterocycles. The summed E-state index contributed by atoms with van der Waals surface area (Å²) in [6.07, 6.45) is 1.93. The number of aliphatic hydroxyl groups excluding tert-OH is 2. The molecule has 1 atom stereocenters. The first-order chi connectivity index (χ1) is 4.20. The molecule has 3 N–H and O–H groups in total. The summed E-state index contributed by atoms with van der Waals surface area (Å²) in [5.74, 6) is -0.842. The summed E-state index contributed by atoms with van der Waals surface area (Å²) in [6, 6.07) is 0. The second-order valence-electron chi connectivity index (χ2n) is 1.88. The van der Waals surface area contributed by atoms with Crippen LogP contribution in [0.5, 0.6) is 0 Å². The molecule has 3 heteroatoms. The van der Waals surface area contributed by atoms with Crippen molar-refractivity contribution in [1.29, 1.82) is 0 Å². The third-order valence-corrected chi connectivity index (χ3v) is 1.14. The molecular formula is C6H12O3. The monoisotopic (exact) mass is 132 g/mol. The van der Waals surface area contributed by atoms with Gasteiger partial charge in [0.1, 0.15) is 0 Å². The maximum absolute atomic E-state index is 8.51. The molecule has 3 nitrogen and oxygen atoms in total. The highest BCUT2D eigenvalue weighted by atomic mass is 16.5. The lowest BCUT2D eigenvalue weighted by Gasteiger charge is -2.02. The van der Waals surface area contributed by atoms with Crippen molar-refractivity contribution in [2.24, 2.45) is 5.92 Å². The van der Waals surface area contributed by atoms with Gasteiger partial charge in [-0.1, -0.05) is 6.92 Å². The summed E-state index contributed by atoms with van der Waals surface area (Å²) >= 11 is 0. The average molecular weight is 132 g/mol. The molecule has 0 saturated heterocycles. The fourth-order valence-corrected chi connectivity index (χ4v) is 0.510. The Kier molecular flexibility index (Phi) is 3.88. The van der Waals surface area contributed by atoms with E-state index in [9.17, 15) is 0 Å². The minimum atomic E-state index is -0.712. The molecule has 0 amide bonds. The summed E-state index contributed by atoms with van der Waals surface area (Å²) in [6.45, 7) is 1.82. The molecule has 0 aliphatic carbocycles. The average Bonchev–Trinajstić information content (AvgIpc) is 1.82. The quantitative estimate of drug-likeness (QED) is 0.501. The van der Waals surface area contributed by atoms with E-state index >= 15 is 0 Å². The highest BCUT2D eigenvalue weighted by Crippen LogP contribution is 2.03. The van der Waals surface area contributed by atoms with Gasteiger partial charge in [-0.05, 0) is 6.42 Å². The zero-order valence-corrected chi connectivity index (χ0v) is 5.41. The molecule has 0 aromatic carbocycles. The van der Waals surface area contributed by atoms with Crippen LogP contribution in [0.2, 0.25) is 0 Å². The number of hydrogen-bond donors (Lipinski definition) is 3. The van der Waals surface area contributed by atoms with Crippen molar-refractivity contribution in [2.45, 2.75) is 13.3 Å². The van der Waals surface area contributed by atoms with Gasteiger partial charge in [0.2, 0.25) is 0 Å². The highest BCUT2D eigenvalue weighted by molar-refractivity contribution is 4.85. The van der Waals surface area contributed by atoms with E-state index in [4.69, 9.17) is 15.3 Å². The van der Waals surface area contributed by atoms with Crippen LogP contribution in [0.3, 0.4) is 0 Å². The normalized spacial score (nSPS) is 12.7. The summed E-state index contributed by atoms with van der Waals surface area (Å²) in [4.78, 5) is 0. The van der Waals surface area contributed by atoms with Crippen LogP contribution in [0.4, 0.5) is 0 Å². The number of rotatable bonds is 3. The molecule has 0 aliphatic rings. The molecule has 0 aliphatic heterocycles. The standard InChI is InChI=1S/C6H12O3/c1-2-5(4-7)3-6(8)9/h3,5,7-9H,2,4H2,1H3. The van der Waals surface area contributed by atoms with E-state index in [-0.39, 0.29) is 12.5 Å². The van der Waals surface area contributed by atoms with E-state index in [0.29, 0.717) is 6.42 Å². The van der Waals surface area contributed by atoms with Crippen LogP contribution in [0, 0.1) is 5.92 Å². The van der Waals surface area contributed by atoms with Crippen LogP contribution in [0.15, 0.2) is 12.0 Å². The summed E-state index contributed by atoms with van der Waals surface area (Å²) in [5, 5.41) is 25.1. The van der Waals surface area contributed by atoms with Crippen molar-refractivity contribution in [1.82, 2.24) is 0 Å². The van der Waals surface area contributed by atoms with Gasteiger partial charge in [0.15, 0.2) is 0 Å². The smallest absolute Gasteiger partial charge is 0.270 e. The van der Waals surface area contributed by atoms with Gasteiger partial charge in [0, 0.05) is 18.6 Å². The molecule has 0 spiro atoms. The van der Waals surface area contributed by atoms with E-state index in [1.807, 2.05) is 6.92 Å². The molecule has 0 saturated carbocycles. The van der Waals surface area contributed by atoms with Gasteiger partial charge in [0.05, 0.1) is 0 Å². The molecule has 0 radical (unpaired) electrons. The van der Waals surface area contributed by atoms with Crippen molar-refractivity contribution in [3.05, 3.63) is 12.0 Å². The molecule has 54 valence electrons. The third kappa shape index (κ3) is 3.85. The molecule has 1 unspecified atom stereocenters. The van der Waals surface area contributed by atoms with Crippen LogP contribution in [0.25, 0.3) is 0 Å². The molecule has 0 aromatic rings. The molecular weight excluding hydrogens is 120 g/mol. The Morgan fingerprint density at radius 3 is 2.22 bits per heavy atom. The first-order valence-electron chi connectivity index (χ1n) is 2.91. The first kappa shape index (κ1) is 8.30. The number of aliphatic hydroxyl groups is 3. The summed E-state index contributed by atoms with van der Waals surface area (Å²) in [5.41, 5.74) is 0. The molecule has 0 rings (SSSR count). The van der Waals surface area contributed by atoms with E-state index in [0.717, 1.165) is 0 Å².